The van der Waals surface area contributed by atoms with E-state index in [1.807, 2.05) is 0 Å². The van der Waals surface area contributed by atoms with Gasteiger partial charge in [0.05, 0.1) is 5.88 Å². The van der Waals surface area contributed by atoms with E-state index in [2.05, 4.69) is 14.9 Å². The molecule has 1 amide bonds. The average molecular weight is 286 g/mol. The number of anilines is 1. The Labute approximate surface area is 112 Å². The van der Waals surface area contributed by atoms with Crippen molar-refractivity contribution in [1.82, 2.24) is 9.59 Å². The van der Waals surface area contributed by atoms with Gasteiger partial charge in [0.2, 0.25) is 0 Å². The van der Waals surface area contributed by atoms with Gasteiger partial charge < -0.3 is 5.32 Å². The van der Waals surface area contributed by atoms with Crippen molar-refractivity contribution in [3.63, 3.8) is 0 Å². The molecule has 0 aliphatic rings. The van der Waals surface area contributed by atoms with Crippen molar-refractivity contribution in [2.75, 3.05) is 5.32 Å². The number of carbonyl (C=O) groups excluding carboxylic acids is 1. The zero-order valence-electron chi connectivity index (χ0n) is 9.41. The molecule has 18 heavy (non-hydrogen) atoms. The topological polar surface area (TPSA) is 54.9 Å². The molecule has 0 saturated carbocycles. The summed E-state index contributed by atoms with van der Waals surface area (Å²) in [5, 5.41) is 6.33. The second kappa shape index (κ2) is 5.41. The van der Waals surface area contributed by atoms with Gasteiger partial charge >= 0.3 is 0 Å². The number of aromatic nitrogens is 2. The molecule has 0 aliphatic heterocycles. The Morgan fingerprint density at radius 2 is 2.28 bits per heavy atom. The molecule has 0 bridgehead atoms. The van der Waals surface area contributed by atoms with Crippen molar-refractivity contribution >= 4 is 34.7 Å². The van der Waals surface area contributed by atoms with E-state index in [9.17, 15) is 9.18 Å². The van der Waals surface area contributed by atoms with Crippen LogP contribution in [0.2, 0.25) is 0 Å². The fourth-order valence-corrected chi connectivity index (χ4v) is 2.30. The first-order valence-corrected chi connectivity index (χ1v) is 6.36. The molecule has 0 fully saturated rings. The Hall–Kier alpha value is -1.53. The highest BCUT2D eigenvalue weighted by Gasteiger charge is 2.15. The third kappa shape index (κ3) is 2.83. The Bertz CT molecular complexity index is 567. The summed E-state index contributed by atoms with van der Waals surface area (Å²) in [5.41, 5.74) is 1.55. The van der Waals surface area contributed by atoms with Crippen molar-refractivity contribution in [1.29, 1.82) is 0 Å². The summed E-state index contributed by atoms with van der Waals surface area (Å²) >= 11 is 6.59. The third-order valence-corrected chi connectivity index (χ3v) is 3.21. The minimum absolute atomic E-state index is 0.113. The lowest BCUT2D eigenvalue weighted by Crippen LogP contribution is -2.12. The summed E-state index contributed by atoms with van der Waals surface area (Å²) in [6.07, 6.45) is 0. The molecule has 4 nitrogen and oxygen atoms in total. The molecule has 2 rings (SSSR count). The standard InChI is InChI=1S/C11H9ClFN3OS/c1-6-2-7(13)4-8(3-6)14-11(17)10-9(5-12)15-16-18-10/h2-4H,5H2,1H3,(H,14,17). The Balaban J connectivity index is 2.21. The lowest BCUT2D eigenvalue weighted by atomic mass is 10.2. The van der Waals surface area contributed by atoms with Gasteiger partial charge in [-0.2, -0.15) is 0 Å². The molecule has 7 heteroatoms. The summed E-state index contributed by atoms with van der Waals surface area (Å²) in [6.45, 7) is 1.75. The number of halogens is 2. The quantitative estimate of drug-likeness (QED) is 0.882. The van der Waals surface area contributed by atoms with E-state index >= 15 is 0 Å². The SMILES string of the molecule is Cc1cc(F)cc(NC(=O)c2snnc2CCl)c1. The van der Waals surface area contributed by atoms with Crippen LogP contribution in [0.5, 0.6) is 0 Å². The van der Waals surface area contributed by atoms with Crippen LogP contribution in [0.25, 0.3) is 0 Å². The monoisotopic (exact) mass is 285 g/mol. The number of benzene rings is 1. The molecule has 0 unspecified atom stereocenters. The Kier molecular flexibility index (Phi) is 3.88. The first-order chi connectivity index (χ1) is 8.60. The molecular formula is C11H9ClFN3OS. The molecule has 0 saturated heterocycles. The van der Waals surface area contributed by atoms with Crippen LogP contribution < -0.4 is 5.32 Å². The molecule has 94 valence electrons. The Morgan fingerprint density at radius 1 is 1.50 bits per heavy atom. The van der Waals surface area contributed by atoms with Crippen LogP contribution in [0.1, 0.15) is 20.9 Å². The van der Waals surface area contributed by atoms with Crippen molar-refractivity contribution in [2.24, 2.45) is 0 Å². The maximum atomic E-state index is 13.2. The fraction of sp³-hybridized carbons (Fsp3) is 0.182. The zero-order valence-corrected chi connectivity index (χ0v) is 11.0. The van der Waals surface area contributed by atoms with Gasteiger partial charge in [0, 0.05) is 5.69 Å². The van der Waals surface area contributed by atoms with Gasteiger partial charge in [0.25, 0.3) is 5.91 Å². The first-order valence-electron chi connectivity index (χ1n) is 5.06. The predicted molar refractivity (Wildman–Crippen MR) is 68.6 cm³/mol. The van der Waals surface area contributed by atoms with Crippen LogP contribution in [-0.2, 0) is 5.88 Å². The summed E-state index contributed by atoms with van der Waals surface area (Å²) in [7, 11) is 0. The second-order valence-corrected chi connectivity index (χ2v) is 4.68. The lowest BCUT2D eigenvalue weighted by Gasteiger charge is -2.05. The minimum atomic E-state index is -0.398. The average Bonchev–Trinajstić information content (AvgIpc) is 2.75. The van der Waals surface area contributed by atoms with Crippen molar-refractivity contribution in [2.45, 2.75) is 12.8 Å². The van der Waals surface area contributed by atoms with E-state index in [1.54, 1.807) is 13.0 Å². The van der Waals surface area contributed by atoms with Crippen LogP contribution in [0.15, 0.2) is 18.2 Å². The van der Waals surface area contributed by atoms with E-state index in [1.165, 1.54) is 12.1 Å². The highest BCUT2D eigenvalue weighted by atomic mass is 35.5. The maximum absolute atomic E-state index is 13.2. The van der Waals surface area contributed by atoms with E-state index in [0.717, 1.165) is 17.1 Å². The van der Waals surface area contributed by atoms with Gasteiger partial charge in [0.1, 0.15) is 16.4 Å². The molecule has 0 spiro atoms. The number of rotatable bonds is 3. The van der Waals surface area contributed by atoms with Crippen molar-refractivity contribution in [3.05, 3.63) is 40.2 Å². The largest absolute Gasteiger partial charge is 0.321 e. The molecule has 0 radical (unpaired) electrons. The number of nitrogens with one attached hydrogen (secondary N) is 1. The number of carbonyl (C=O) groups is 1. The van der Waals surface area contributed by atoms with Gasteiger partial charge in [-0.15, -0.1) is 16.7 Å². The number of hydrogen-bond donors (Lipinski definition) is 1. The predicted octanol–water partition coefficient (Wildman–Crippen LogP) is 2.98. The van der Waals surface area contributed by atoms with E-state index < -0.39 is 5.82 Å². The molecule has 1 N–H and O–H groups in total. The number of aryl methyl sites for hydroxylation is 1. The van der Waals surface area contributed by atoms with Gasteiger partial charge in [-0.1, -0.05) is 4.49 Å². The highest BCUT2D eigenvalue weighted by Crippen LogP contribution is 2.18. The summed E-state index contributed by atoms with van der Waals surface area (Å²) in [6, 6.07) is 4.31. The van der Waals surface area contributed by atoms with Gasteiger partial charge in [-0.25, -0.2) is 4.39 Å². The molecular weight excluding hydrogens is 277 g/mol. The van der Waals surface area contributed by atoms with Crippen LogP contribution >= 0.6 is 23.1 Å². The summed E-state index contributed by atoms with van der Waals surface area (Å²) in [4.78, 5) is 12.3. The van der Waals surface area contributed by atoms with Gasteiger partial charge in [-0.05, 0) is 42.2 Å². The number of hydrogen-bond acceptors (Lipinski definition) is 4. The zero-order chi connectivity index (χ0) is 13.1. The highest BCUT2D eigenvalue weighted by molar-refractivity contribution is 7.08. The van der Waals surface area contributed by atoms with Crippen LogP contribution in [-0.4, -0.2) is 15.5 Å². The second-order valence-electron chi connectivity index (χ2n) is 3.65. The number of alkyl halides is 1. The first kappa shape index (κ1) is 12.9. The lowest BCUT2D eigenvalue weighted by molar-refractivity contribution is 0.102. The summed E-state index contributed by atoms with van der Waals surface area (Å²) < 4.78 is 16.8. The van der Waals surface area contributed by atoms with Gasteiger partial charge in [-0.3, -0.25) is 4.79 Å². The third-order valence-electron chi connectivity index (χ3n) is 2.19. The fourth-order valence-electron chi connectivity index (χ4n) is 1.46. The molecule has 0 atom stereocenters. The minimum Gasteiger partial charge on any atom is -0.321 e. The normalized spacial score (nSPS) is 10.4. The Morgan fingerprint density at radius 3 is 2.94 bits per heavy atom. The van der Waals surface area contributed by atoms with E-state index in [-0.39, 0.29) is 11.8 Å². The number of amides is 1. The van der Waals surface area contributed by atoms with E-state index in [0.29, 0.717) is 16.3 Å². The molecule has 0 aliphatic carbocycles. The molecule has 1 aromatic heterocycles. The van der Waals surface area contributed by atoms with Crippen molar-refractivity contribution < 1.29 is 9.18 Å². The number of nitrogens with zero attached hydrogens (tertiary/aromatic N) is 2. The molecule has 1 aromatic carbocycles. The van der Waals surface area contributed by atoms with Crippen molar-refractivity contribution in [3.8, 4) is 0 Å². The van der Waals surface area contributed by atoms with Crippen LogP contribution in [0, 0.1) is 12.7 Å². The van der Waals surface area contributed by atoms with Crippen LogP contribution in [0.4, 0.5) is 10.1 Å². The smallest absolute Gasteiger partial charge is 0.269 e. The maximum Gasteiger partial charge on any atom is 0.269 e. The van der Waals surface area contributed by atoms with E-state index in [4.69, 9.17) is 11.6 Å². The van der Waals surface area contributed by atoms with Crippen LogP contribution in [0.3, 0.4) is 0 Å². The molecule has 1 heterocycles. The summed E-state index contributed by atoms with van der Waals surface area (Å²) in [5.74, 6) is -0.669. The molecule has 2 aromatic rings. The van der Waals surface area contributed by atoms with Gasteiger partial charge in [0.15, 0.2) is 0 Å².